The fourth-order valence-corrected chi connectivity index (χ4v) is 4.50. The standard InChI is InChI=1S/C16H17ClIN3O3S/c1-9-6-5-7-12(19-9)25(23,24)21-15(22)10-8-11(18)13(16(2,3)4)20-14(10)17/h5-8H,1-4H3,(H,21,22). The van der Waals surface area contributed by atoms with Gasteiger partial charge in [0.2, 0.25) is 0 Å². The lowest BCUT2D eigenvalue weighted by Crippen LogP contribution is -2.32. The number of hydrogen-bond donors (Lipinski definition) is 1. The SMILES string of the molecule is Cc1cccc(S(=O)(=O)NC(=O)c2cc(I)c(C(C)(C)C)nc2Cl)n1. The van der Waals surface area contributed by atoms with E-state index in [1.165, 1.54) is 12.1 Å². The van der Waals surface area contributed by atoms with Crippen LogP contribution in [0.15, 0.2) is 29.3 Å². The van der Waals surface area contributed by atoms with Gasteiger partial charge in [0.1, 0.15) is 5.15 Å². The summed E-state index contributed by atoms with van der Waals surface area (Å²) in [6.07, 6.45) is 0. The van der Waals surface area contributed by atoms with E-state index in [1.807, 2.05) is 25.5 Å². The minimum absolute atomic E-state index is 0.00436. The van der Waals surface area contributed by atoms with Gasteiger partial charge in [-0.15, -0.1) is 0 Å². The Bertz CT molecular complexity index is 940. The van der Waals surface area contributed by atoms with Gasteiger partial charge in [0.05, 0.1) is 11.3 Å². The Morgan fingerprint density at radius 2 is 1.88 bits per heavy atom. The van der Waals surface area contributed by atoms with Crippen LogP contribution in [0.3, 0.4) is 0 Å². The molecule has 25 heavy (non-hydrogen) atoms. The summed E-state index contributed by atoms with van der Waals surface area (Å²) in [5.74, 6) is -0.848. The zero-order valence-corrected chi connectivity index (χ0v) is 17.8. The van der Waals surface area contributed by atoms with Crippen LogP contribution < -0.4 is 4.72 Å². The molecule has 0 saturated heterocycles. The zero-order valence-electron chi connectivity index (χ0n) is 14.1. The zero-order chi connectivity index (χ0) is 19.0. The topological polar surface area (TPSA) is 89.0 Å². The number of aryl methyl sites for hydroxylation is 1. The Kier molecular flexibility index (Phi) is 5.75. The highest BCUT2D eigenvalue weighted by atomic mass is 127. The molecule has 0 bridgehead atoms. The first-order valence-corrected chi connectivity index (χ1v) is 10.2. The summed E-state index contributed by atoms with van der Waals surface area (Å²) in [7, 11) is -4.10. The lowest BCUT2D eigenvalue weighted by atomic mass is 9.91. The first kappa shape index (κ1) is 20.1. The van der Waals surface area contributed by atoms with Gasteiger partial charge in [0, 0.05) is 14.7 Å². The van der Waals surface area contributed by atoms with Crippen molar-refractivity contribution in [2.45, 2.75) is 38.1 Å². The number of halogens is 2. The lowest BCUT2D eigenvalue weighted by molar-refractivity contribution is 0.0981. The van der Waals surface area contributed by atoms with E-state index in [0.717, 1.165) is 9.26 Å². The maximum atomic E-state index is 12.4. The summed E-state index contributed by atoms with van der Waals surface area (Å²) in [6, 6.07) is 6.06. The molecular formula is C16H17ClIN3O3S. The minimum atomic E-state index is -4.10. The molecular weight excluding hydrogens is 477 g/mol. The summed E-state index contributed by atoms with van der Waals surface area (Å²) in [4.78, 5) is 20.6. The average Bonchev–Trinajstić information content (AvgIpc) is 2.47. The number of amides is 1. The smallest absolute Gasteiger partial charge is 0.268 e. The van der Waals surface area contributed by atoms with Gasteiger partial charge in [0.25, 0.3) is 15.9 Å². The Labute approximate surface area is 165 Å². The van der Waals surface area contributed by atoms with Crippen molar-refractivity contribution in [1.82, 2.24) is 14.7 Å². The van der Waals surface area contributed by atoms with Gasteiger partial charge in [-0.2, -0.15) is 8.42 Å². The highest BCUT2D eigenvalue weighted by Gasteiger charge is 2.26. The van der Waals surface area contributed by atoms with Gasteiger partial charge >= 0.3 is 0 Å². The molecule has 1 amide bonds. The van der Waals surface area contributed by atoms with Crippen LogP contribution >= 0.6 is 34.2 Å². The Hall–Kier alpha value is -1.26. The molecule has 0 atom stereocenters. The third-order valence-corrected chi connectivity index (χ3v) is 5.59. The summed E-state index contributed by atoms with van der Waals surface area (Å²) in [6.45, 7) is 7.58. The van der Waals surface area contributed by atoms with Crippen LogP contribution in [0.2, 0.25) is 5.15 Å². The van der Waals surface area contributed by atoms with E-state index >= 15 is 0 Å². The van der Waals surface area contributed by atoms with E-state index in [4.69, 9.17) is 11.6 Å². The molecule has 2 heterocycles. The van der Waals surface area contributed by atoms with Crippen LogP contribution in [-0.4, -0.2) is 24.3 Å². The summed E-state index contributed by atoms with van der Waals surface area (Å²) >= 11 is 8.17. The van der Waals surface area contributed by atoms with Gasteiger partial charge in [0.15, 0.2) is 5.03 Å². The summed E-state index contributed by atoms with van der Waals surface area (Å²) < 4.78 is 27.4. The van der Waals surface area contributed by atoms with Crippen LogP contribution in [0.1, 0.15) is 42.5 Å². The summed E-state index contributed by atoms with van der Waals surface area (Å²) in [5, 5.41) is -0.277. The highest BCUT2D eigenvalue weighted by Crippen LogP contribution is 2.29. The van der Waals surface area contributed by atoms with Crippen molar-refractivity contribution in [2.75, 3.05) is 0 Å². The molecule has 0 saturated carbocycles. The van der Waals surface area contributed by atoms with Crippen LogP contribution in [0.5, 0.6) is 0 Å². The predicted molar refractivity (Wildman–Crippen MR) is 104 cm³/mol. The molecule has 134 valence electrons. The Morgan fingerprint density at radius 1 is 1.24 bits per heavy atom. The van der Waals surface area contributed by atoms with Crippen molar-refractivity contribution in [3.8, 4) is 0 Å². The second-order valence-electron chi connectivity index (χ2n) is 6.46. The van der Waals surface area contributed by atoms with Crippen molar-refractivity contribution in [1.29, 1.82) is 0 Å². The van der Waals surface area contributed by atoms with Gasteiger partial charge in [-0.1, -0.05) is 38.4 Å². The molecule has 0 aliphatic rings. The lowest BCUT2D eigenvalue weighted by Gasteiger charge is -2.20. The maximum Gasteiger partial charge on any atom is 0.281 e. The predicted octanol–water partition coefficient (Wildman–Crippen LogP) is 3.46. The first-order chi connectivity index (χ1) is 11.4. The summed E-state index contributed by atoms with van der Waals surface area (Å²) in [5.41, 5.74) is 1.000. The Morgan fingerprint density at radius 3 is 2.44 bits per heavy atom. The number of carbonyl (C=O) groups excluding carboxylic acids is 1. The van der Waals surface area contributed by atoms with Crippen LogP contribution in [0.25, 0.3) is 0 Å². The largest absolute Gasteiger partial charge is 0.281 e. The molecule has 2 aromatic heterocycles. The normalized spacial score (nSPS) is 12.1. The molecule has 2 aromatic rings. The monoisotopic (exact) mass is 493 g/mol. The van der Waals surface area contributed by atoms with Crippen molar-refractivity contribution < 1.29 is 13.2 Å². The molecule has 2 rings (SSSR count). The number of nitrogens with zero attached hydrogens (tertiary/aromatic N) is 2. The van der Waals surface area contributed by atoms with Crippen LogP contribution in [0.4, 0.5) is 0 Å². The van der Waals surface area contributed by atoms with Crippen molar-refractivity contribution >= 4 is 50.1 Å². The quantitative estimate of drug-likeness (QED) is 0.522. The van der Waals surface area contributed by atoms with Gasteiger partial charge in [-0.3, -0.25) is 4.79 Å². The molecule has 9 heteroatoms. The fraction of sp³-hybridized carbons (Fsp3) is 0.312. The number of sulfonamides is 1. The second kappa shape index (κ2) is 7.16. The number of nitrogens with one attached hydrogen (secondary N) is 1. The highest BCUT2D eigenvalue weighted by molar-refractivity contribution is 14.1. The number of rotatable bonds is 3. The van der Waals surface area contributed by atoms with Crippen LogP contribution in [-0.2, 0) is 15.4 Å². The Balaban J connectivity index is 2.37. The molecule has 0 aliphatic heterocycles. The maximum absolute atomic E-state index is 12.4. The average molecular weight is 494 g/mol. The van der Waals surface area contributed by atoms with E-state index in [-0.39, 0.29) is 21.2 Å². The molecule has 0 unspecified atom stereocenters. The van der Waals surface area contributed by atoms with Gasteiger partial charge in [-0.25, -0.2) is 14.7 Å². The van der Waals surface area contributed by atoms with E-state index < -0.39 is 15.9 Å². The minimum Gasteiger partial charge on any atom is -0.268 e. The number of hydrogen-bond acceptors (Lipinski definition) is 5. The van der Waals surface area contributed by atoms with Crippen molar-refractivity contribution in [3.05, 3.63) is 49.9 Å². The number of carbonyl (C=O) groups is 1. The second-order valence-corrected chi connectivity index (χ2v) is 9.61. The molecule has 0 aromatic carbocycles. The third-order valence-electron chi connectivity index (χ3n) is 3.25. The molecule has 0 radical (unpaired) electrons. The van der Waals surface area contributed by atoms with Gasteiger partial charge < -0.3 is 0 Å². The van der Waals surface area contributed by atoms with Crippen molar-refractivity contribution in [2.24, 2.45) is 0 Å². The van der Waals surface area contributed by atoms with E-state index in [0.29, 0.717) is 5.69 Å². The van der Waals surface area contributed by atoms with E-state index in [2.05, 4.69) is 32.6 Å². The molecule has 0 aliphatic carbocycles. The molecule has 6 nitrogen and oxygen atoms in total. The van der Waals surface area contributed by atoms with E-state index in [1.54, 1.807) is 19.1 Å². The molecule has 0 spiro atoms. The molecule has 0 fully saturated rings. The first-order valence-electron chi connectivity index (χ1n) is 7.29. The van der Waals surface area contributed by atoms with E-state index in [9.17, 15) is 13.2 Å². The fourth-order valence-electron chi connectivity index (χ4n) is 2.05. The third kappa shape index (κ3) is 4.68. The van der Waals surface area contributed by atoms with Gasteiger partial charge in [-0.05, 0) is 47.7 Å². The van der Waals surface area contributed by atoms with Crippen molar-refractivity contribution in [3.63, 3.8) is 0 Å². The number of aromatic nitrogens is 2. The number of pyridine rings is 2. The van der Waals surface area contributed by atoms with Crippen LogP contribution in [0, 0.1) is 10.5 Å². The molecule has 1 N–H and O–H groups in total.